The SMILES string of the molecule is CCC(C)(C)C(=O)OC(OC)C1CCCCC1.CCOC(OC(=O)C(C)(C)CC)C1CCCCC1. The van der Waals surface area contributed by atoms with E-state index in [1.165, 1.54) is 38.5 Å². The second-order valence-electron chi connectivity index (χ2n) is 11.5. The third-order valence-corrected chi connectivity index (χ3v) is 7.95. The van der Waals surface area contributed by atoms with Gasteiger partial charge in [-0.25, -0.2) is 0 Å². The highest BCUT2D eigenvalue weighted by atomic mass is 16.7. The zero-order valence-electron chi connectivity index (χ0n) is 24.0. The highest BCUT2D eigenvalue weighted by Crippen LogP contribution is 2.32. The molecule has 0 amide bonds. The van der Waals surface area contributed by atoms with Crippen LogP contribution in [0.2, 0.25) is 0 Å². The molecule has 2 rings (SSSR count). The molecule has 2 aliphatic carbocycles. The standard InChI is InChI=1S/C15H28O3.C14H26O3/c1-5-15(3,4)14(16)18-13(17-6-2)12-10-8-7-9-11-12;1-5-14(2,3)13(15)17-12(16-4)11-9-7-6-8-10-11/h12-13H,5-11H2,1-4H3;11-12H,5-10H2,1-4H3. The number of carbonyl (C=O) groups excluding carboxylic acids is 2. The van der Waals surface area contributed by atoms with Gasteiger partial charge in [-0.2, -0.15) is 0 Å². The van der Waals surface area contributed by atoms with Gasteiger partial charge in [0.05, 0.1) is 10.8 Å². The summed E-state index contributed by atoms with van der Waals surface area (Å²) in [5.41, 5.74) is -0.824. The summed E-state index contributed by atoms with van der Waals surface area (Å²) in [6.07, 6.45) is 12.8. The molecule has 0 saturated heterocycles. The van der Waals surface area contributed by atoms with Crippen molar-refractivity contribution in [3.63, 3.8) is 0 Å². The van der Waals surface area contributed by atoms with Crippen LogP contribution in [-0.2, 0) is 28.5 Å². The molecule has 0 aromatic carbocycles. The Labute approximate surface area is 215 Å². The van der Waals surface area contributed by atoms with E-state index in [0.717, 1.165) is 38.5 Å². The average molecular weight is 499 g/mol. The van der Waals surface area contributed by atoms with Crippen LogP contribution in [0.5, 0.6) is 0 Å². The van der Waals surface area contributed by atoms with Crippen LogP contribution in [0.15, 0.2) is 0 Å². The van der Waals surface area contributed by atoms with E-state index >= 15 is 0 Å². The Hall–Kier alpha value is -1.14. The molecule has 2 fully saturated rings. The van der Waals surface area contributed by atoms with Crippen molar-refractivity contribution < 1.29 is 28.5 Å². The number of hydrogen-bond donors (Lipinski definition) is 0. The van der Waals surface area contributed by atoms with Crippen LogP contribution in [0.4, 0.5) is 0 Å². The summed E-state index contributed by atoms with van der Waals surface area (Å²) >= 11 is 0. The van der Waals surface area contributed by atoms with Gasteiger partial charge in [0.25, 0.3) is 0 Å². The molecule has 0 aromatic rings. The second-order valence-corrected chi connectivity index (χ2v) is 11.5. The zero-order chi connectivity index (χ0) is 26.5. The number of hydrogen-bond acceptors (Lipinski definition) is 6. The molecule has 0 heterocycles. The van der Waals surface area contributed by atoms with Gasteiger partial charge in [0.2, 0.25) is 12.6 Å². The maximum atomic E-state index is 12.1. The van der Waals surface area contributed by atoms with Crippen molar-refractivity contribution in [2.45, 2.75) is 138 Å². The minimum Gasteiger partial charge on any atom is -0.435 e. The molecule has 0 radical (unpaired) electrons. The van der Waals surface area contributed by atoms with E-state index in [1.54, 1.807) is 7.11 Å². The molecule has 6 heteroatoms. The minimum atomic E-state index is -0.413. The van der Waals surface area contributed by atoms with Crippen LogP contribution < -0.4 is 0 Å². The van der Waals surface area contributed by atoms with Crippen LogP contribution >= 0.6 is 0 Å². The predicted molar refractivity (Wildman–Crippen MR) is 140 cm³/mol. The highest BCUT2D eigenvalue weighted by Gasteiger charge is 2.34. The number of esters is 2. The van der Waals surface area contributed by atoms with Gasteiger partial charge in [0.1, 0.15) is 0 Å². The van der Waals surface area contributed by atoms with E-state index in [-0.39, 0.29) is 24.5 Å². The fraction of sp³-hybridized carbons (Fsp3) is 0.931. The average Bonchev–Trinajstić information content (AvgIpc) is 2.88. The zero-order valence-corrected chi connectivity index (χ0v) is 24.0. The third kappa shape index (κ3) is 10.8. The van der Waals surface area contributed by atoms with Gasteiger partial charge in [-0.05, 0) is 73.1 Å². The summed E-state index contributed by atoms with van der Waals surface area (Å²) in [6.45, 7) is 14.3. The predicted octanol–water partition coefficient (Wildman–Crippen LogP) is 7.43. The Kier molecular flexibility index (Phi) is 14.5. The molecular formula is C29H54O6. The Morgan fingerprint density at radius 1 is 0.686 bits per heavy atom. The molecule has 0 aliphatic heterocycles. The Balaban J connectivity index is 0.000000351. The monoisotopic (exact) mass is 498 g/mol. The number of carbonyl (C=O) groups is 2. The lowest BCUT2D eigenvalue weighted by Crippen LogP contribution is -2.36. The Morgan fingerprint density at radius 3 is 1.40 bits per heavy atom. The van der Waals surface area contributed by atoms with E-state index in [0.29, 0.717) is 18.4 Å². The molecule has 0 bridgehead atoms. The molecule has 35 heavy (non-hydrogen) atoms. The highest BCUT2D eigenvalue weighted by molar-refractivity contribution is 5.76. The third-order valence-electron chi connectivity index (χ3n) is 7.95. The molecular weight excluding hydrogens is 444 g/mol. The summed E-state index contributed by atoms with van der Waals surface area (Å²) in [4.78, 5) is 24.1. The first-order valence-corrected chi connectivity index (χ1v) is 14.1. The number of methoxy groups -OCH3 is 1. The molecule has 2 unspecified atom stereocenters. The van der Waals surface area contributed by atoms with Gasteiger partial charge in [0, 0.05) is 25.6 Å². The van der Waals surface area contributed by atoms with Crippen LogP contribution in [0.1, 0.15) is 126 Å². The first kappa shape index (κ1) is 31.9. The van der Waals surface area contributed by atoms with Gasteiger partial charge in [0.15, 0.2) is 0 Å². The van der Waals surface area contributed by atoms with E-state index in [1.807, 2.05) is 48.5 Å². The molecule has 206 valence electrons. The minimum absolute atomic E-state index is 0.131. The van der Waals surface area contributed by atoms with Gasteiger partial charge >= 0.3 is 11.9 Å². The Morgan fingerprint density at radius 2 is 1.06 bits per heavy atom. The molecule has 0 spiro atoms. The van der Waals surface area contributed by atoms with E-state index in [9.17, 15) is 9.59 Å². The molecule has 2 aliphatic rings. The van der Waals surface area contributed by atoms with Crippen LogP contribution in [0.25, 0.3) is 0 Å². The largest absolute Gasteiger partial charge is 0.435 e. The molecule has 0 N–H and O–H groups in total. The maximum Gasteiger partial charge on any atom is 0.313 e. The van der Waals surface area contributed by atoms with Gasteiger partial charge in [-0.1, -0.05) is 52.4 Å². The molecule has 2 atom stereocenters. The summed E-state index contributed by atoms with van der Waals surface area (Å²) < 4.78 is 22.2. The van der Waals surface area contributed by atoms with Crippen LogP contribution in [0, 0.1) is 22.7 Å². The van der Waals surface area contributed by atoms with E-state index in [4.69, 9.17) is 18.9 Å². The lowest BCUT2D eigenvalue weighted by Gasteiger charge is -2.32. The first-order valence-electron chi connectivity index (χ1n) is 14.1. The summed E-state index contributed by atoms with van der Waals surface area (Å²) in [5, 5.41) is 0. The summed E-state index contributed by atoms with van der Waals surface area (Å²) in [5.74, 6) is 0.493. The van der Waals surface area contributed by atoms with Crippen molar-refractivity contribution in [1.29, 1.82) is 0 Å². The normalized spacial score (nSPS) is 19.8. The van der Waals surface area contributed by atoms with Gasteiger partial charge < -0.3 is 18.9 Å². The molecule has 0 aromatic heterocycles. The topological polar surface area (TPSA) is 71.1 Å². The van der Waals surface area contributed by atoms with E-state index < -0.39 is 10.8 Å². The second kappa shape index (κ2) is 15.9. The molecule has 6 nitrogen and oxygen atoms in total. The summed E-state index contributed by atoms with van der Waals surface area (Å²) in [6, 6.07) is 0. The number of rotatable bonds is 11. The smallest absolute Gasteiger partial charge is 0.313 e. The van der Waals surface area contributed by atoms with Crippen LogP contribution in [-0.4, -0.2) is 38.2 Å². The van der Waals surface area contributed by atoms with Gasteiger partial charge in [-0.3, -0.25) is 9.59 Å². The lowest BCUT2D eigenvalue weighted by atomic mass is 9.88. The first-order chi connectivity index (χ1) is 16.5. The van der Waals surface area contributed by atoms with Crippen molar-refractivity contribution >= 4 is 11.9 Å². The lowest BCUT2D eigenvalue weighted by molar-refractivity contribution is -0.202. The van der Waals surface area contributed by atoms with Crippen molar-refractivity contribution in [1.82, 2.24) is 0 Å². The van der Waals surface area contributed by atoms with Crippen molar-refractivity contribution in [2.75, 3.05) is 13.7 Å². The fourth-order valence-electron chi connectivity index (χ4n) is 4.40. The van der Waals surface area contributed by atoms with E-state index in [2.05, 4.69) is 0 Å². The fourth-order valence-corrected chi connectivity index (χ4v) is 4.40. The van der Waals surface area contributed by atoms with Crippen molar-refractivity contribution in [3.8, 4) is 0 Å². The van der Waals surface area contributed by atoms with Crippen molar-refractivity contribution in [3.05, 3.63) is 0 Å². The number of ether oxygens (including phenoxy) is 4. The molecule has 2 saturated carbocycles. The van der Waals surface area contributed by atoms with Crippen LogP contribution in [0.3, 0.4) is 0 Å². The summed E-state index contributed by atoms with van der Waals surface area (Å²) in [7, 11) is 1.63. The maximum absolute atomic E-state index is 12.1. The quantitative estimate of drug-likeness (QED) is 0.218. The Bertz CT molecular complexity index is 602. The van der Waals surface area contributed by atoms with Gasteiger partial charge in [-0.15, -0.1) is 0 Å². The van der Waals surface area contributed by atoms with Crippen molar-refractivity contribution in [2.24, 2.45) is 22.7 Å².